The molecule has 3 aromatic rings. The van der Waals surface area contributed by atoms with Gasteiger partial charge in [-0.2, -0.15) is 0 Å². The fourth-order valence-corrected chi connectivity index (χ4v) is 2.93. The van der Waals surface area contributed by atoms with Gasteiger partial charge in [0, 0.05) is 33.4 Å². The van der Waals surface area contributed by atoms with Gasteiger partial charge in [-0.05, 0) is 10.4 Å². The summed E-state index contributed by atoms with van der Waals surface area (Å²) >= 11 is 1.48. The van der Waals surface area contributed by atoms with Gasteiger partial charge in [0.05, 0.1) is 6.33 Å². The van der Waals surface area contributed by atoms with Crippen molar-refractivity contribution in [2.45, 2.75) is 11.7 Å². The molecule has 3 rings (SSSR count). The summed E-state index contributed by atoms with van der Waals surface area (Å²) in [5, 5.41) is 11.9. The van der Waals surface area contributed by atoms with E-state index in [1.165, 1.54) is 23.4 Å². The maximum Gasteiger partial charge on any atom is 0.332 e. The van der Waals surface area contributed by atoms with Crippen LogP contribution in [-0.2, 0) is 27.7 Å². The topological polar surface area (TPSA) is 105 Å². The Morgan fingerprint density at radius 3 is 2.64 bits per heavy atom. The number of fused-ring (bicyclic) bond motifs is 1. The number of hydrogen-bond acceptors (Lipinski definition) is 7. The number of tetrazole rings is 1. The Labute approximate surface area is 128 Å². The van der Waals surface area contributed by atoms with Crippen LogP contribution in [-0.4, -0.2) is 44.6 Å². The lowest BCUT2D eigenvalue weighted by molar-refractivity contribution is 0.663. The summed E-state index contributed by atoms with van der Waals surface area (Å²) < 4.78 is 5.78. The number of nitrogens with zero attached hydrogens (tertiary/aromatic N) is 8. The molecule has 3 aromatic heterocycles. The van der Waals surface area contributed by atoms with E-state index in [0.29, 0.717) is 28.6 Å². The standard InChI is InChI=1S/C11H14N8O2S/c1-16-8-7(9(20)17(2)11(16)21)19(6-12-8)4-5-22-10-13-14-15-18(10)3/h6H,4-5H2,1-3H3. The molecular formula is C11H14N8O2S. The van der Waals surface area contributed by atoms with Gasteiger partial charge < -0.3 is 4.57 Å². The molecule has 11 heteroatoms. The Hall–Kier alpha value is -2.43. The van der Waals surface area contributed by atoms with Crippen LogP contribution in [0.3, 0.4) is 0 Å². The Morgan fingerprint density at radius 1 is 1.18 bits per heavy atom. The lowest BCUT2D eigenvalue weighted by atomic mass is 10.5. The van der Waals surface area contributed by atoms with E-state index >= 15 is 0 Å². The fraction of sp³-hybridized carbons (Fsp3) is 0.455. The zero-order valence-corrected chi connectivity index (χ0v) is 13.1. The van der Waals surface area contributed by atoms with Crippen LogP contribution in [0.2, 0.25) is 0 Å². The number of hydrogen-bond donors (Lipinski definition) is 0. The SMILES string of the molecule is Cn1nnnc1SCCn1cnc2c1c(=O)n(C)c(=O)n2C. The van der Waals surface area contributed by atoms with Crippen molar-refractivity contribution in [1.29, 1.82) is 0 Å². The first-order valence-corrected chi connectivity index (χ1v) is 7.45. The van der Waals surface area contributed by atoms with Crippen LogP contribution >= 0.6 is 11.8 Å². The molecule has 0 radical (unpaired) electrons. The lowest BCUT2D eigenvalue weighted by Crippen LogP contribution is -2.37. The summed E-state index contributed by atoms with van der Waals surface area (Å²) in [6.45, 7) is 0.557. The van der Waals surface area contributed by atoms with E-state index in [2.05, 4.69) is 20.5 Å². The molecule has 0 unspecified atom stereocenters. The number of thioether (sulfide) groups is 1. The molecule has 0 saturated heterocycles. The van der Waals surface area contributed by atoms with Crippen LogP contribution in [0.1, 0.15) is 0 Å². The third kappa shape index (κ3) is 2.22. The maximum absolute atomic E-state index is 12.3. The maximum atomic E-state index is 12.3. The predicted octanol–water partition coefficient (Wildman–Crippen LogP) is -1.25. The second-order valence-electron chi connectivity index (χ2n) is 4.75. The average Bonchev–Trinajstić information content (AvgIpc) is 3.10. The highest BCUT2D eigenvalue weighted by atomic mass is 32.2. The van der Waals surface area contributed by atoms with Crippen molar-refractivity contribution in [3.05, 3.63) is 27.2 Å². The van der Waals surface area contributed by atoms with Crippen molar-refractivity contribution >= 4 is 22.9 Å². The highest BCUT2D eigenvalue weighted by Crippen LogP contribution is 2.14. The molecule has 0 spiro atoms. The van der Waals surface area contributed by atoms with Gasteiger partial charge >= 0.3 is 5.69 Å². The van der Waals surface area contributed by atoms with E-state index in [1.807, 2.05) is 0 Å². The molecule has 116 valence electrons. The van der Waals surface area contributed by atoms with E-state index in [9.17, 15) is 9.59 Å². The van der Waals surface area contributed by atoms with Gasteiger partial charge in [0.25, 0.3) is 5.56 Å². The first kappa shape index (κ1) is 14.5. The highest BCUT2D eigenvalue weighted by molar-refractivity contribution is 7.99. The zero-order chi connectivity index (χ0) is 15.9. The Balaban J connectivity index is 1.91. The molecule has 0 aliphatic heterocycles. The van der Waals surface area contributed by atoms with Gasteiger partial charge in [-0.15, -0.1) is 5.10 Å². The summed E-state index contributed by atoms with van der Waals surface area (Å²) in [6, 6.07) is 0. The van der Waals surface area contributed by atoms with Crippen molar-refractivity contribution in [1.82, 2.24) is 38.9 Å². The van der Waals surface area contributed by atoms with Gasteiger partial charge in [0.15, 0.2) is 11.2 Å². The van der Waals surface area contributed by atoms with Crippen molar-refractivity contribution in [3.63, 3.8) is 0 Å². The average molecular weight is 322 g/mol. The quantitative estimate of drug-likeness (QED) is 0.553. The summed E-state index contributed by atoms with van der Waals surface area (Å²) in [5.41, 5.74) is 0.0722. The molecule has 3 heterocycles. The van der Waals surface area contributed by atoms with E-state index in [1.54, 1.807) is 29.7 Å². The fourth-order valence-electron chi connectivity index (χ4n) is 2.15. The molecule has 0 saturated carbocycles. The van der Waals surface area contributed by atoms with Crippen LogP contribution in [0.25, 0.3) is 11.2 Å². The summed E-state index contributed by atoms with van der Waals surface area (Å²) in [7, 11) is 4.82. The third-order valence-electron chi connectivity index (χ3n) is 3.36. The van der Waals surface area contributed by atoms with Gasteiger partial charge in [-0.25, -0.2) is 14.5 Å². The molecule has 22 heavy (non-hydrogen) atoms. The Morgan fingerprint density at radius 2 is 1.95 bits per heavy atom. The lowest BCUT2D eigenvalue weighted by Gasteiger charge is -2.06. The van der Waals surface area contributed by atoms with E-state index < -0.39 is 0 Å². The molecule has 0 atom stereocenters. The van der Waals surface area contributed by atoms with Crippen LogP contribution in [0.4, 0.5) is 0 Å². The summed E-state index contributed by atoms with van der Waals surface area (Å²) in [6.07, 6.45) is 1.57. The minimum atomic E-state index is -0.387. The van der Waals surface area contributed by atoms with Gasteiger partial charge in [-0.3, -0.25) is 13.9 Å². The van der Waals surface area contributed by atoms with E-state index in [0.717, 1.165) is 4.57 Å². The Kier molecular flexibility index (Phi) is 3.56. The van der Waals surface area contributed by atoms with Crippen molar-refractivity contribution in [2.75, 3.05) is 5.75 Å². The van der Waals surface area contributed by atoms with Gasteiger partial charge in [0.1, 0.15) is 0 Å². The first-order valence-electron chi connectivity index (χ1n) is 6.46. The minimum Gasteiger partial charge on any atom is -0.324 e. The number of rotatable bonds is 4. The molecule has 0 amide bonds. The van der Waals surface area contributed by atoms with Crippen molar-refractivity contribution in [3.8, 4) is 0 Å². The molecule has 0 N–H and O–H groups in total. The van der Waals surface area contributed by atoms with Gasteiger partial charge in [0.2, 0.25) is 5.16 Å². The molecule has 10 nitrogen and oxygen atoms in total. The van der Waals surface area contributed by atoms with Crippen LogP contribution in [0.15, 0.2) is 21.1 Å². The van der Waals surface area contributed by atoms with E-state index in [-0.39, 0.29) is 11.2 Å². The predicted molar refractivity (Wildman–Crippen MR) is 79.7 cm³/mol. The van der Waals surface area contributed by atoms with E-state index in [4.69, 9.17) is 0 Å². The van der Waals surface area contributed by atoms with Crippen molar-refractivity contribution < 1.29 is 0 Å². The normalized spacial score (nSPS) is 11.4. The van der Waals surface area contributed by atoms with Crippen molar-refractivity contribution in [2.24, 2.45) is 21.1 Å². The van der Waals surface area contributed by atoms with Crippen LogP contribution < -0.4 is 11.2 Å². The van der Waals surface area contributed by atoms with Gasteiger partial charge in [-0.1, -0.05) is 11.8 Å². The molecule has 0 aliphatic rings. The first-order chi connectivity index (χ1) is 10.5. The molecule has 0 fully saturated rings. The number of aromatic nitrogens is 8. The number of imidazole rings is 1. The summed E-state index contributed by atoms with van der Waals surface area (Å²) in [4.78, 5) is 28.3. The number of aryl methyl sites for hydroxylation is 3. The molecule has 0 aromatic carbocycles. The zero-order valence-electron chi connectivity index (χ0n) is 12.3. The monoisotopic (exact) mass is 322 g/mol. The third-order valence-corrected chi connectivity index (χ3v) is 4.35. The minimum absolute atomic E-state index is 0.346. The molecular weight excluding hydrogens is 308 g/mol. The smallest absolute Gasteiger partial charge is 0.324 e. The summed E-state index contributed by atoms with van der Waals surface area (Å²) in [5.74, 6) is 0.672. The highest BCUT2D eigenvalue weighted by Gasteiger charge is 2.14. The van der Waals surface area contributed by atoms with Crippen LogP contribution in [0.5, 0.6) is 0 Å². The van der Waals surface area contributed by atoms with Crippen LogP contribution in [0, 0.1) is 0 Å². The second kappa shape index (κ2) is 5.40. The molecule has 0 bridgehead atoms. The molecule has 0 aliphatic carbocycles. The Bertz CT molecular complexity index is 949. The largest absolute Gasteiger partial charge is 0.332 e. The second-order valence-corrected chi connectivity index (χ2v) is 5.81.